The highest BCUT2D eigenvalue weighted by atomic mass is 32.2. The lowest BCUT2D eigenvalue weighted by molar-refractivity contribution is -0.00927. The van der Waals surface area contributed by atoms with E-state index in [4.69, 9.17) is 15.7 Å². The molecule has 3 N–H and O–H groups in total. The van der Waals surface area contributed by atoms with Gasteiger partial charge in [0.05, 0.1) is 18.2 Å². The van der Waals surface area contributed by atoms with Crippen molar-refractivity contribution in [2.75, 3.05) is 6.61 Å². The molecule has 0 bridgehead atoms. The van der Waals surface area contributed by atoms with E-state index in [2.05, 4.69) is 4.72 Å². The van der Waals surface area contributed by atoms with Gasteiger partial charge in [0.15, 0.2) is 5.25 Å². The van der Waals surface area contributed by atoms with Crippen molar-refractivity contribution in [1.82, 2.24) is 4.72 Å². The van der Waals surface area contributed by atoms with Gasteiger partial charge in [-0.3, -0.25) is 0 Å². The third-order valence-electron chi connectivity index (χ3n) is 3.39. The molecule has 5 unspecified atom stereocenters. The van der Waals surface area contributed by atoms with E-state index in [9.17, 15) is 8.42 Å². The molecule has 0 aromatic carbocycles. The Bertz CT molecular complexity index is 416. The van der Waals surface area contributed by atoms with Crippen LogP contribution >= 0.6 is 0 Å². The molecule has 16 heavy (non-hydrogen) atoms. The molecule has 90 valence electrons. The fourth-order valence-corrected chi connectivity index (χ4v) is 3.27. The number of nitrogens with one attached hydrogen (secondary N) is 1. The summed E-state index contributed by atoms with van der Waals surface area (Å²) in [5.74, 6) is 0.255. The highest BCUT2D eigenvalue weighted by Gasteiger charge is 2.53. The van der Waals surface area contributed by atoms with E-state index >= 15 is 0 Å². The lowest BCUT2D eigenvalue weighted by Gasteiger charge is -2.45. The van der Waals surface area contributed by atoms with Crippen LogP contribution in [0.25, 0.3) is 0 Å². The number of ether oxygens (including phenoxy) is 1. The zero-order valence-corrected chi connectivity index (χ0v) is 9.78. The Hall–Kier alpha value is -0.680. The Morgan fingerprint density at radius 2 is 2.31 bits per heavy atom. The first-order chi connectivity index (χ1) is 7.47. The number of hydrogen-bond donors (Lipinski definition) is 2. The topological polar surface area (TPSA) is 105 Å². The summed E-state index contributed by atoms with van der Waals surface area (Å²) in [5, 5.41) is 7.53. The molecule has 0 radical (unpaired) electrons. The number of hydrogen-bond acceptors (Lipinski definition) is 5. The molecule has 0 spiro atoms. The molecule has 2 fully saturated rings. The monoisotopic (exact) mass is 245 g/mol. The molecule has 7 heteroatoms. The van der Waals surface area contributed by atoms with Gasteiger partial charge in [-0.1, -0.05) is 0 Å². The van der Waals surface area contributed by atoms with Crippen molar-refractivity contribution in [2.45, 2.75) is 36.8 Å². The number of sulfonamides is 1. The van der Waals surface area contributed by atoms with Crippen molar-refractivity contribution in [3.63, 3.8) is 0 Å². The van der Waals surface area contributed by atoms with Crippen LogP contribution in [0, 0.1) is 17.2 Å². The molecule has 0 amide bonds. The minimum absolute atomic E-state index is 0.115. The molecular formula is C9H15N3O3S. The van der Waals surface area contributed by atoms with Crippen LogP contribution in [0.5, 0.6) is 0 Å². The first-order valence-electron chi connectivity index (χ1n) is 5.25. The fraction of sp³-hybridized carbons (Fsp3) is 0.889. The molecule has 0 aromatic rings. The Labute approximate surface area is 94.8 Å². The lowest BCUT2D eigenvalue weighted by Crippen LogP contribution is -2.69. The fourth-order valence-electron chi connectivity index (χ4n) is 2.26. The third-order valence-corrected chi connectivity index (χ3v) is 5.03. The SMILES string of the molecule is CC(C#N)S(=O)(=O)NC1C(N)C2CCOC21. The maximum absolute atomic E-state index is 11.7. The predicted molar refractivity (Wildman–Crippen MR) is 56.7 cm³/mol. The van der Waals surface area contributed by atoms with E-state index < -0.39 is 15.3 Å². The average molecular weight is 245 g/mol. The smallest absolute Gasteiger partial charge is 0.228 e. The van der Waals surface area contributed by atoms with Gasteiger partial charge in [0, 0.05) is 18.6 Å². The number of nitrogens with zero attached hydrogens (tertiary/aromatic N) is 1. The summed E-state index contributed by atoms with van der Waals surface area (Å²) in [5.41, 5.74) is 5.87. The standard InChI is InChI=1S/C9H15N3O3S/c1-5(4-10)16(13,14)12-8-7(11)6-2-3-15-9(6)8/h5-9,12H,2-3,11H2,1H3. The van der Waals surface area contributed by atoms with Crippen molar-refractivity contribution in [2.24, 2.45) is 11.7 Å². The van der Waals surface area contributed by atoms with Gasteiger partial charge in [-0.2, -0.15) is 5.26 Å². The Morgan fingerprint density at radius 3 is 2.94 bits per heavy atom. The van der Waals surface area contributed by atoms with Crippen LogP contribution in [-0.4, -0.2) is 38.5 Å². The molecule has 2 rings (SSSR count). The van der Waals surface area contributed by atoms with E-state index in [0.29, 0.717) is 6.61 Å². The number of nitrogens with two attached hydrogens (primary N) is 1. The van der Waals surface area contributed by atoms with Crippen LogP contribution in [0.15, 0.2) is 0 Å². The Kier molecular flexibility index (Phi) is 2.92. The van der Waals surface area contributed by atoms with Gasteiger partial charge in [0.1, 0.15) is 0 Å². The normalized spacial score (nSPS) is 39.6. The van der Waals surface area contributed by atoms with E-state index in [0.717, 1.165) is 6.42 Å². The Balaban J connectivity index is 2.04. The van der Waals surface area contributed by atoms with Crippen molar-refractivity contribution < 1.29 is 13.2 Å². The second kappa shape index (κ2) is 3.96. The summed E-state index contributed by atoms with van der Waals surface area (Å²) >= 11 is 0. The minimum atomic E-state index is -3.61. The molecule has 1 saturated carbocycles. The van der Waals surface area contributed by atoms with Crippen LogP contribution in [0.4, 0.5) is 0 Å². The van der Waals surface area contributed by atoms with Crippen LogP contribution in [-0.2, 0) is 14.8 Å². The van der Waals surface area contributed by atoms with Crippen molar-refractivity contribution in [3.05, 3.63) is 0 Å². The van der Waals surface area contributed by atoms with Gasteiger partial charge in [-0.05, 0) is 13.3 Å². The summed E-state index contributed by atoms with van der Waals surface area (Å²) in [6.45, 7) is 1.98. The maximum Gasteiger partial charge on any atom is 0.228 e. The summed E-state index contributed by atoms with van der Waals surface area (Å²) in [7, 11) is -3.61. The average Bonchev–Trinajstić information content (AvgIpc) is 2.69. The van der Waals surface area contributed by atoms with Gasteiger partial charge in [0.25, 0.3) is 0 Å². The van der Waals surface area contributed by atoms with Gasteiger partial charge in [-0.15, -0.1) is 0 Å². The molecule has 1 saturated heterocycles. The largest absolute Gasteiger partial charge is 0.376 e. The molecule has 1 aliphatic heterocycles. The van der Waals surface area contributed by atoms with Crippen molar-refractivity contribution >= 4 is 10.0 Å². The summed E-state index contributed by atoms with van der Waals surface area (Å²) < 4.78 is 31.2. The van der Waals surface area contributed by atoms with Crippen LogP contribution in [0.1, 0.15) is 13.3 Å². The number of fused-ring (bicyclic) bond motifs is 1. The van der Waals surface area contributed by atoms with Gasteiger partial charge in [-0.25, -0.2) is 13.1 Å². The molecule has 6 nitrogen and oxygen atoms in total. The summed E-state index contributed by atoms with van der Waals surface area (Å²) in [4.78, 5) is 0. The summed E-state index contributed by atoms with van der Waals surface area (Å²) in [6, 6.07) is 1.12. The third kappa shape index (κ3) is 1.72. The van der Waals surface area contributed by atoms with Crippen molar-refractivity contribution in [3.8, 4) is 6.07 Å². The first kappa shape index (κ1) is 11.8. The predicted octanol–water partition coefficient (Wildman–Crippen LogP) is -1.07. The highest BCUT2D eigenvalue weighted by molar-refractivity contribution is 7.90. The molecule has 5 atom stereocenters. The van der Waals surface area contributed by atoms with Crippen molar-refractivity contribution in [1.29, 1.82) is 5.26 Å². The molecule has 1 heterocycles. The lowest BCUT2D eigenvalue weighted by atomic mass is 9.73. The molecule has 0 aromatic heterocycles. The number of rotatable bonds is 3. The molecular weight excluding hydrogens is 230 g/mol. The zero-order chi connectivity index (χ0) is 11.9. The molecule has 1 aliphatic carbocycles. The summed E-state index contributed by atoms with van der Waals surface area (Å²) in [6.07, 6.45) is 0.772. The van der Waals surface area contributed by atoms with Gasteiger partial charge < -0.3 is 10.5 Å². The van der Waals surface area contributed by atoms with Crippen LogP contribution in [0.2, 0.25) is 0 Å². The number of nitriles is 1. The van der Waals surface area contributed by atoms with E-state index in [-0.39, 0.29) is 24.1 Å². The van der Waals surface area contributed by atoms with Gasteiger partial charge in [0.2, 0.25) is 10.0 Å². The maximum atomic E-state index is 11.7. The Morgan fingerprint density at radius 1 is 1.62 bits per heavy atom. The van der Waals surface area contributed by atoms with Crippen LogP contribution in [0.3, 0.4) is 0 Å². The van der Waals surface area contributed by atoms with E-state index in [1.807, 2.05) is 0 Å². The zero-order valence-electron chi connectivity index (χ0n) is 8.96. The van der Waals surface area contributed by atoms with E-state index in [1.165, 1.54) is 6.92 Å². The quantitative estimate of drug-likeness (QED) is 0.659. The first-order valence-corrected chi connectivity index (χ1v) is 6.80. The highest BCUT2D eigenvalue weighted by Crippen LogP contribution is 2.38. The van der Waals surface area contributed by atoms with Crippen LogP contribution < -0.4 is 10.5 Å². The molecule has 2 aliphatic rings. The van der Waals surface area contributed by atoms with E-state index in [1.54, 1.807) is 6.07 Å². The minimum Gasteiger partial charge on any atom is -0.376 e. The second-order valence-electron chi connectivity index (χ2n) is 4.33. The van der Waals surface area contributed by atoms with Gasteiger partial charge >= 0.3 is 0 Å². The second-order valence-corrected chi connectivity index (χ2v) is 6.36.